The summed E-state index contributed by atoms with van der Waals surface area (Å²) in [5, 5.41) is 8.82. The third kappa shape index (κ3) is 4.06. The zero-order chi connectivity index (χ0) is 16.9. The second kappa shape index (κ2) is 9.04. The van der Waals surface area contributed by atoms with Crippen LogP contribution in [0.25, 0.3) is 11.0 Å². The Balaban J connectivity index is 0.00000225. The minimum atomic E-state index is 0. The highest BCUT2D eigenvalue weighted by atomic mass is 35.5. The molecule has 1 aliphatic heterocycles. The molecule has 1 saturated heterocycles. The number of halogens is 1. The quantitative estimate of drug-likeness (QED) is 0.792. The molecule has 0 spiro atoms. The van der Waals surface area contributed by atoms with Gasteiger partial charge in [0.2, 0.25) is 0 Å². The SMILES string of the molecule is CCCCNc1c(C(=O)N2CCCCC2)cnc2c1cnn2CC.Cl. The predicted molar refractivity (Wildman–Crippen MR) is 104 cm³/mol. The number of amides is 1. The molecule has 1 N–H and O–H groups in total. The van der Waals surface area contributed by atoms with Gasteiger partial charge in [-0.2, -0.15) is 5.10 Å². The summed E-state index contributed by atoms with van der Waals surface area (Å²) >= 11 is 0. The van der Waals surface area contributed by atoms with Gasteiger partial charge in [-0.05, 0) is 32.6 Å². The third-order valence-corrected chi connectivity index (χ3v) is 4.67. The van der Waals surface area contributed by atoms with E-state index in [0.717, 1.165) is 68.6 Å². The second-order valence-corrected chi connectivity index (χ2v) is 6.38. The first-order valence-corrected chi connectivity index (χ1v) is 9.14. The number of anilines is 1. The molecular formula is C18H28ClN5O. The molecule has 3 rings (SSSR count). The number of pyridine rings is 1. The van der Waals surface area contributed by atoms with Crippen LogP contribution < -0.4 is 5.32 Å². The molecule has 0 unspecified atom stereocenters. The summed E-state index contributed by atoms with van der Waals surface area (Å²) < 4.78 is 1.87. The van der Waals surface area contributed by atoms with Crippen molar-refractivity contribution < 1.29 is 4.79 Å². The van der Waals surface area contributed by atoms with Gasteiger partial charge in [-0.3, -0.25) is 4.79 Å². The maximum Gasteiger partial charge on any atom is 0.257 e. The van der Waals surface area contributed by atoms with Crippen molar-refractivity contribution >= 4 is 35.0 Å². The lowest BCUT2D eigenvalue weighted by Gasteiger charge is -2.27. The van der Waals surface area contributed by atoms with Crippen LogP contribution in [0.4, 0.5) is 5.69 Å². The van der Waals surface area contributed by atoms with Crippen LogP contribution in [-0.4, -0.2) is 45.2 Å². The molecule has 2 aromatic heterocycles. The van der Waals surface area contributed by atoms with E-state index >= 15 is 0 Å². The van der Waals surface area contributed by atoms with Crippen molar-refractivity contribution in [2.45, 2.75) is 52.5 Å². The minimum absolute atomic E-state index is 0. The van der Waals surface area contributed by atoms with Crippen molar-refractivity contribution in [1.82, 2.24) is 19.7 Å². The number of nitrogens with zero attached hydrogens (tertiary/aromatic N) is 4. The molecule has 6 nitrogen and oxygen atoms in total. The Kier molecular flexibility index (Phi) is 7.05. The summed E-state index contributed by atoms with van der Waals surface area (Å²) in [5.74, 6) is 0.0901. The standard InChI is InChI=1S/C18H27N5O.ClH/c1-3-5-9-19-16-14-13-21-23(4-2)17(14)20-12-15(16)18(24)22-10-7-6-8-11-22;/h12-13H,3-11H2,1-2H3,(H,19,20);1H. The van der Waals surface area contributed by atoms with Gasteiger partial charge in [0.15, 0.2) is 5.65 Å². The lowest BCUT2D eigenvalue weighted by atomic mass is 10.1. The number of aryl methyl sites for hydroxylation is 1. The smallest absolute Gasteiger partial charge is 0.257 e. The Morgan fingerprint density at radius 3 is 2.64 bits per heavy atom. The van der Waals surface area contributed by atoms with Crippen molar-refractivity contribution in [2.24, 2.45) is 0 Å². The first-order chi connectivity index (χ1) is 11.8. The number of aromatic nitrogens is 3. The van der Waals surface area contributed by atoms with Crippen molar-refractivity contribution in [2.75, 3.05) is 25.0 Å². The molecule has 0 radical (unpaired) electrons. The van der Waals surface area contributed by atoms with Gasteiger partial charge >= 0.3 is 0 Å². The molecule has 0 atom stereocenters. The van der Waals surface area contributed by atoms with E-state index in [2.05, 4.69) is 22.3 Å². The van der Waals surface area contributed by atoms with Crippen LogP contribution in [-0.2, 0) is 6.54 Å². The van der Waals surface area contributed by atoms with Crippen LogP contribution in [0.1, 0.15) is 56.3 Å². The van der Waals surface area contributed by atoms with E-state index in [1.807, 2.05) is 22.7 Å². The predicted octanol–water partition coefficient (Wildman–Crippen LogP) is 3.71. The zero-order valence-corrected chi connectivity index (χ0v) is 15.9. The molecule has 3 heterocycles. The van der Waals surface area contributed by atoms with Crippen LogP contribution in [0.2, 0.25) is 0 Å². The molecule has 138 valence electrons. The van der Waals surface area contributed by atoms with E-state index in [-0.39, 0.29) is 18.3 Å². The van der Waals surface area contributed by atoms with Crippen LogP contribution in [0, 0.1) is 0 Å². The van der Waals surface area contributed by atoms with Gasteiger partial charge in [0.25, 0.3) is 5.91 Å². The molecule has 0 aliphatic carbocycles. The number of fused-ring (bicyclic) bond motifs is 1. The lowest BCUT2D eigenvalue weighted by molar-refractivity contribution is 0.0725. The topological polar surface area (TPSA) is 63.1 Å². The van der Waals surface area contributed by atoms with Gasteiger partial charge in [-0.25, -0.2) is 9.67 Å². The van der Waals surface area contributed by atoms with Gasteiger partial charge in [-0.1, -0.05) is 13.3 Å². The molecule has 0 aromatic carbocycles. The fourth-order valence-electron chi connectivity index (χ4n) is 3.27. The van der Waals surface area contributed by atoms with Crippen LogP contribution in [0.5, 0.6) is 0 Å². The summed E-state index contributed by atoms with van der Waals surface area (Å²) in [6.45, 7) is 7.53. The molecule has 1 amide bonds. The van der Waals surface area contributed by atoms with Crippen LogP contribution >= 0.6 is 12.4 Å². The Morgan fingerprint density at radius 2 is 1.96 bits per heavy atom. The van der Waals surface area contributed by atoms with Crippen molar-refractivity contribution in [3.05, 3.63) is 18.0 Å². The molecule has 0 bridgehead atoms. The molecule has 25 heavy (non-hydrogen) atoms. The second-order valence-electron chi connectivity index (χ2n) is 6.38. The van der Waals surface area contributed by atoms with E-state index in [1.54, 1.807) is 6.20 Å². The molecule has 1 fully saturated rings. The number of hydrogen-bond acceptors (Lipinski definition) is 4. The number of hydrogen-bond donors (Lipinski definition) is 1. The highest BCUT2D eigenvalue weighted by Crippen LogP contribution is 2.28. The molecular weight excluding hydrogens is 338 g/mol. The first-order valence-electron chi connectivity index (χ1n) is 9.14. The number of rotatable bonds is 6. The summed E-state index contributed by atoms with van der Waals surface area (Å²) in [5.41, 5.74) is 2.41. The summed E-state index contributed by atoms with van der Waals surface area (Å²) in [4.78, 5) is 19.5. The van der Waals surface area contributed by atoms with Gasteiger partial charge in [-0.15, -0.1) is 12.4 Å². The number of unbranched alkanes of at least 4 members (excludes halogenated alkanes) is 1. The fourth-order valence-corrected chi connectivity index (χ4v) is 3.27. The van der Waals surface area contributed by atoms with E-state index in [1.165, 1.54) is 6.42 Å². The van der Waals surface area contributed by atoms with Gasteiger partial charge < -0.3 is 10.2 Å². The van der Waals surface area contributed by atoms with Crippen LogP contribution in [0.15, 0.2) is 12.4 Å². The fraction of sp³-hybridized carbons (Fsp3) is 0.611. The summed E-state index contributed by atoms with van der Waals surface area (Å²) in [7, 11) is 0. The van der Waals surface area contributed by atoms with E-state index in [0.29, 0.717) is 5.56 Å². The van der Waals surface area contributed by atoms with Gasteiger partial charge in [0, 0.05) is 32.4 Å². The first kappa shape index (κ1) is 19.5. The Hall–Kier alpha value is -1.82. The maximum atomic E-state index is 13.0. The van der Waals surface area contributed by atoms with E-state index < -0.39 is 0 Å². The normalized spacial score (nSPS) is 14.4. The minimum Gasteiger partial charge on any atom is -0.384 e. The van der Waals surface area contributed by atoms with Crippen LogP contribution in [0.3, 0.4) is 0 Å². The monoisotopic (exact) mass is 365 g/mol. The number of nitrogens with one attached hydrogen (secondary N) is 1. The zero-order valence-electron chi connectivity index (χ0n) is 15.1. The van der Waals surface area contributed by atoms with E-state index in [4.69, 9.17) is 0 Å². The Bertz CT molecular complexity index is 709. The van der Waals surface area contributed by atoms with Gasteiger partial charge in [0.1, 0.15) is 0 Å². The van der Waals surface area contributed by atoms with Gasteiger partial charge in [0.05, 0.1) is 22.8 Å². The third-order valence-electron chi connectivity index (χ3n) is 4.67. The van der Waals surface area contributed by atoms with Crippen molar-refractivity contribution in [3.63, 3.8) is 0 Å². The van der Waals surface area contributed by atoms with Crippen molar-refractivity contribution in [1.29, 1.82) is 0 Å². The molecule has 0 saturated carbocycles. The van der Waals surface area contributed by atoms with Crippen molar-refractivity contribution in [3.8, 4) is 0 Å². The maximum absolute atomic E-state index is 13.0. The lowest BCUT2D eigenvalue weighted by Crippen LogP contribution is -2.36. The molecule has 2 aromatic rings. The average molecular weight is 366 g/mol. The molecule has 1 aliphatic rings. The number of carbonyl (C=O) groups excluding carboxylic acids is 1. The highest BCUT2D eigenvalue weighted by Gasteiger charge is 2.23. The summed E-state index contributed by atoms with van der Waals surface area (Å²) in [6, 6.07) is 0. The Morgan fingerprint density at radius 1 is 1.20 bits per heavy atom. The number of carbonyl (C=O) groups is 1. The largest absolute Gasteiger partial charge is 0.384 e. The van der Waals surface area contributed by atoms with E-state index in [9.17, 15) is 4.79 Å². The molecule has 7 heteroatoms. The summed E-state index contributed by atoms with van der Waals surface area (Å²) in [6.07, 6.45) is 9.13. The average Bonchev–Trinajstić information content (AvgIpc) is 3.05. The Labute approximate surface area is 155 Å². The number of piperidine rings is 1. The number of likely N-dealkylation sites (tertiary alicyclic amines) is 1. The highest BCUT2D eigenvalue weighted by molar-refractivity contribution is 6.06.